The van der Waals surface area contributed by atoms with Gasteiger partial charge in [0.25, 0.3) is 0 Å². The van der Waals surface area contributed by atoms with Crippen LogP contribution in [0.5, 0.6) is 0 Å². The fraction of sp³-hybridized carbons (Fsp3) is 1.00. The molecule has 1 saturated heterocycles. The topological polar surface area (TPSA) is 68.2 Å². The lowest BCUT2D eigenvalue weighted by molar-refractivity contribution is -0.279. The third kappa shape index (κ3) is 3.81. The molecule has 0 aliphatic carbocycles. The molecule has 0 aromatic carbocycles. The third-order valence-corrected chi connectivity index (χ3v) is 9.19. The molecule has 1 heterocycles. The van der Waals surface area contributed by atoms with E-state index in [9.17, 15) is 10.2 Å². The van der Waals surface area contributed by atoms with Gasteiger partial charge in [0.05, 0.1) is 12.7 Å². The maximum absolute atomic E-state index is 10.2. The Morgan fingerprint density at radius 1 is 1.15 bits per heavy atom. The molecule has 5 atom stereocenters. The molecule has 2 N–H and O–H groups in total. The van der Waals surface area contributed by atoms with Crippen molar-refractivity contribution in [2.75, 3.05) is 13.7 Å². The Morgan fingerprint density at radius 2 is 1.70 bits per heavy atom. The highest BCUT2D eigenvalue weighted by Crippen LogP contribution is 2.37. The summed E-state index contributed by atoms with van der Waals surface area (Å²) in [6, 6.07) is 0. The van der Waals surface area contributed by atoms with E-state index in [0.717, 1.165) is 0 Å². The summed E-state index contributed by atoms with van der Waals surface area (Å²) in [7, 11) is -0.394. The minimum Gasteiger partial charge on any atom is -0.414 e. The molecule has 0 saturated carbocycles. The van der Waals surface area contributed by atoms with Gasteiger partial charge in [-0.3, -0.25) is 0 Å². The number of aliphatic hydroxyl groups excluding tert-OH is 2. The van der Waals surface area contributed by atoms with Crippen LogP contribution in [-0.4, -0.2) is 56.8 Å². The van der Waals surface area contributed by atoms with Crippen LogP contribution in [0.15, 0.2) is 0 Å². The van der Waals surface area contributed by atoms with Crippen molar-refractivity contribution in [3.05, 3.63) is 0 Å². The Balaban J connectivity index is 2.68. The molecule has 0 aromatic rings. The van der Waals surface area contributed by atoms with Crippen LogP contribution < -0.4 is 0 Å². The number of ether oxygens (including phenoxy) is 2. The van der Waals surface area contributed by atoms with Crippen molar-refractivity contribution >= 4 is 8.32 Å². The molecule has 0 radical (unpaired) electrons. The van der Waals surface area contributed by atoms with Gasteiger partial charge in [-0.1, -0.05) is 27.7 Å². The number of aliphatic hydroxyl groups is 2. The van der Waals surface area contributed by atoms with E-state index >= 15 is 0 Å². The van der Waals surface area contributed by atoms with E-state index in [2.05, 4.69) is 33.9 Å². The maximum Gasteiger partial charge on any atom is 0.192 e. The first-order chi connectivity index (χ1) is 9.01. The Hall–Kier alpha value is 0.0169. The van der Waals surface area contributed by atoms with Gasteiger partial charge in [0.15, 0.2) is 14.6 Å². The lowest BCUT2D eigenvalue weighted by Gasteiger charge is -2.43. The molecule has 0 amide bonds. The van der Waals surface area contributed by atoms with E-state index < -0.39 is 32.9 Å². The molecule has 5 nitrogen and oxygen atoms in total. The van der Waals surface area contributed by atoms with Crippen molar-refractivity contribution in [1.29, 1.82) is 0 Å². The van der Waals surface area contributed by atoms with Gasteiger partial charge in [-0.15, -0.1) is 0 Å². The number of methoxy groups -OCH3 is 1. The Labute approximate surface area is 123 Å². The molecule has 120 valence electrons. The highest BCUT2D eigenvalue weighted by Gasteiger charge is 2.44. The normalized spacial score (nSPS) is 36.1. The molecule has 0 aromatic heterocycles. The minimum atomic E-state index is -1.88. The molecule has 1 aliphatic heterocycles. The van der Waals surface area contributed by atoms with Crippen molar-refractivity contribution in [2.45, 2.75) is 70.4 Å². The van der Waals surface area contributed by atoms with Gasteiger partial charge < -0.3 is 24.1 Å². The average molecular weight is 306 g/mol. The Bertz CT molecular complexity index is 313. The van der Waals surface area contributed by atoms with Crippen LogP contribution in [0.4, 0.5) is 0 Å². The smallest absolute Gasteiger partial charge is 0.192 e. The summed E-state index contributed by atoms with van der Waals surface area (Å²) in [5.74, 6) is -0.304. The average Bonchev–Trinajstić information content (AvgIpc) is 2.34. The van der Waals surface area contributed by atoms with Crippen LogP contribution in [-0.2, 0) is 13.9 Å². The number of rotatable bonds is 4. The standard InChI is InChI=1S/C14H30O5Si/c1-9-11(15)10(19-13(17-5)12(9)16)8-18-20(6,7)14(2,3)4/h9-13,15-16H,8H2,1-7H3/t9-,10-,11-,12+,13+/m1/s1. The van der Waals surface area contributed by atoms with Crippen LogP contribution in [0.3, 0.4) is 0 Å². The van der Waals surface area contributed by atoms with E-state index in [1.165, 1.54) is 7.11 Å². The second-order valence-electron chi connectivity index (χ2n) is 7.19. The largest absolute Gasteiger partial charge is 0.414 e. The lowest BCUT2D eigenvalue weighted by Crippen LogP contribution is -2.56. The first-order valence-corrected chi connectivity index (χ1v) is 10.1. The van der Waals surface area contributed by atoms with Crippen LogP contribution >= 0.6 is 0 Å². The summed E-state index contributed by atoms with van der Waals surface area (Å²) in [4.78, 5) is 0. The van der Waals surface area contributed by atoms with Gasteiger partial charge in [-0.25, -0.2) is 0 Å². The summed E-state index contributed by atoms with van der Waals surface area (Å²) < 4.78 is 16.8. The Morgan fingerprint density at radius 3 is 2.15 bits per heavy atom. The highest BCUT2D eigenvalue weighted by molar-refractivity contribution is 6.74. The maximum atomic E-state index is 10.2. The zero-order valence-electron chi connectivity index (χ0n) is 13.7. The fourth-order valence-electron chi connectivity index (χ4n) is 1.96. The second kappa shape index (κ2) is 6.42. The predicted octanol–water partition coefficient (Wildman–Crippen LogP) is 1.74. The SMILES string of the molecule is CO[C@H]1O[C@H](CO[Si](C)(C)C(C)(C)C)[C@H](O)[C@@H](C)[C@@H]1O. The number of hydrogen-bond acceptors (Lipinski definition) is 5. The first-order valence-electron chi connectivity index (χ1n) is 7.19. The zero-order valence-corrected chi connectivity index (χ0v) is 14.7. The van der Waals surface area contributed by atoms with Crippen LogP contribution in [0.25, 0.3) is 0 Å². The van der Waals surface area contributed by atoms with E-state index in [1.54, 1.807) is 6.92 Å². The molecule has 0 bridgehead atoms. The minimum absolute atomic E-state index is 0.110. The van der Waals surface area contributed by atoms with E-state index in [-0.39, 0.29) is 11.0 Å². The first kappa shape index (κ1) is 18.1. The predicted molar refractivity (Wildman–Crippen MR) is 80.0 cm³/mol. The summed E-state index contributed by atoms with van der Waals surface area (Å²) in [5.41, 5.74) is 0. The Kier molecular flexibility index (Phi) is 5.80. The fourth-order valence-corrected chi connectivity index (χ4v) is 2.98. The van der Waals surface area contributed by atoms with Crippen molar-refractivity contribution in [1.82, 2.24) is 0 Å². The molecule has 0 spiro atoms. The van der Waals surface area contributed by atoms with Crippen LogP contribution in [0, 0.1) is 5.92 Å². The quantitative estimate of drug-likeness (QED) is 0.774. The summed E-state index contributed by atoms with van der Waals surface area (Å²) in [6.45, 7) is 12.9. The molecule has 0 unspecified atom stereocenters. The molecule has 6 heteroatoms. The van der Waals surface area contributed by atoms with E-state index in [4.69, 9.17) is 13.9 Å². The molecule has 1 aliphatic rings. The summed E-state index contributed by atoms with van der Waals surface area (Å²) in [6.07, 6.45) is -2.74. The van der Waals surface area contributed by atoms with Gasteiger partial charge in [0.1, 0.15) is 12.2 Å². The summed E-state index contributed by atoms with van der Waals surface area (Å²) in [5, 5.41) is 20.3. The molecule has 1 rings (SSSR count). The molecular weight excluding hydrogens is 276 g/mol. The second-order valence-corrected chi connectivity index (χ2v) is 12.0. The van der Waals surface area contributed by atoms with Crippen LogP contribution in [0.1, 0.15) is 27.7 Å². The van der Waals surface area contributed by atoms with Gasteiger partial charge >= 0.3 is 0 Å². The number of hydrogen-bond donors (Lipinski definition) is 2. The van der Waals surface area contributed by atoms with Crippen LogP contribution in [0.2, 0.25) is 18.1 Å². The monoisotopic (exact) mass is 306 g/mol. The van der Waals surface area contributed by atoms with E-state index in [1.807, 2.05) is 0 Å². The lowest BCUT2D eigenvalue weighted by atomic mass is 9.91. The van der Waals surface area contributed by atoms with Gasteiger partial charge in [0, 0.05) is 13.0 Å². The van der Waals surface area contributed by atoms with Gasteiger partial charge in [0.2, 0.25) is 0 Å². The highest BCUT2D eigenvalue weighted by atomic mass is 28.4. The molecular formula is C14H30O5Si. The van der Waals surface area contributed by atoms with Crippen molar-refractivity contribution < 1.29 is 24.1 Å². The van der Waals surface area contributed by atoms with E-state index in [0.29, 0.717) is 6.61 Å². The molecule has 20 heavy (non-hydrogen) atoms. The van der Waals surface area contributed by atoms with Crippen molar-refractivity contribution in [3.8, 4) is 0 Å². The third-order valence-electron chi connectivity index (χ3n) is 4.69. The van der Waals surface area contributed by atoms with Crippen molar-refractivity contribution in [3.63, 3.8) is 0 Å². The molecule has 1 fully saturated rings. The van der Waals surface area contributed by atoms with Gasteiger partial charge in [-0.2, -0.15) is 0 Å². The van der Waals surface area contributed by atoms with Crippen molar-refractivity contribution in [2.24, 2.45) is 5.92 Å². The zero-order chi connectivity index (χ0) is 15.7. The van der Waals surface area contributed by atoms with Gasteiger partial charge in [-0.05, 0) is 18.1 Å². The summed E-state index contributed by atoms with van der Waals surface area (Å²) >= 11 is 0.